The summed E-state index contributed by atoms with van der Waals surface area (Å²) < 4.78 is 88.8. The fourth-order valence-electron chi connectivity index (χ4n) is 2.32. The summed E-state index contributed by atoms with van der Waals surface area (Å²) in [5.41, 5.74) is -6.51. The Hall–Kier alpha value is -2.51. The van der Waals surface area contributed by atoms with Crippen LogP contribution in [0.3, 0.4) is 0 Å². The number of carbonyl (C=O) groups is 1. The molecule has 0 saturated heterocycles. The van der Waals surface area contributed by atoms with Gasteiger partial charge in [-0.05, 0) is 43.2 Å². The molecule has 156 valence electrons. The zero-order valence-corrected chi connectivity index (χ0v) is 16.1. The van der Waals surface area contributed by atoms with Gasteiger partial charge < -0.3 is 5.32 Å². The topological polar surface area (TPSA) is 122 Å². The van der Waals surface area contributed by atoms with E-state index in [1.807, 2.05) is 0 Å². The van der Waals surface area contributed by atoms with E-state index in [2.05, 4.69) is 15.0 Å². The maximum Gasteiger partial charge on any atom is 0.503 e. The number of nitrogens with one attached hydrogen (secondary N) is 2. The van der Waals surface area contributed by atoms with Crippen LogP contribution in [0.2, 0.25) is 0 Å². The van der Waals surface area contributed by atoms with Crippen molar-refractivity contribution in [2.45, 2.75) is 34.3 Å². The van der Waals surface area contributed by atoms with Crippen LogP contribution < -0.4 is 10.0 Å². The van der Waals surface area contributed by atoms with Gasteiger partial charge >= 0.3 is 5.51 Å². The second-order valence-corrected chi connectivity index (χ2v) is 9.75. The Morgan fingerprint density at radius 1 is 1.07 bits per heavy atom. The van der Waals surface area contributed by atoms with E-state index in [0.29, 0.717) is 12.8 Å². The number of amides is 1. The van der Waals surface area contributed by atoms with Crippen LogP contribution >= 0.6 is 0 Å². The zero-order valence-electron chi connectivity index (χ0n) is 14.5. The first-order chi connectivity index (χ1) is 13.4. The number of sulfonamides is 1. The smallest absolute Gasteiger partial charge is 0.322 e. The molecular weight excluding hydrogens is 435 g/mol. The summed E-state index contributed by atoms with van der Waals surface area (Å²) in [7, 11) is -9.69. The van der Waals surface area contributed by atoms with Gasteiger partial charge in [0, 0.05) is 17.9 Å². The Morgan fingerprint density at radius 2 is 1.76 bits per heavy atom. The molecule has 0 radical (unpaired) electrons. The lowest BCUT2D eigenvalue weighted by atomic mass is 10.2. The molecule has 0 bridgehead atoms. The Labute approximate surface area is 164 Å². The lowest BCUT2D eigenvalue weighted by Gasteiger charge is -2.12. The molecule has 1 aromatic heterocycles. The Kier molecular flexibility index (Phi) is 5.40. The van der Waals surface area contributed by atoms with Gasteiger partial charge in [0.15, 0.2) is 5.03 Å². The minimum atomic E-state index is -5.86. The van der Waals surface area contributed by atoms with Gasteiger partial charge in [0.05, 0.1) is 10.5 Å². The molecule has 29 heavy (non-hydrogen) atoms. The number of aromatic nitrogens is 1. The molecule has 1 aliphatic rings. The summed E-state index contributed by atoms with van der Waals surface area (Å²) in [5, 5.41) is 0.760. The molecule has 1 fully saturated rings. The lowest BCUT2D eigenvalue weighted by molar-refractivity contribution is -0.0438. The second-order valence-electron chi connectivity index (χ2n) is 6.18. The highest BCUT2D eigenvalue weighted by molar-refractivity contribution is 7.92. The van der Waals surface area contributed by atoms with Crippen molar-refractivity contribution in [3.05, 3.63) is 48.2 Å². The van der Waals surface area contributed by atoms with Crippen molar-refractivity contribution in [1.82, 2.24) is 9.71 Å². The first kappa shape index (κ1) is 21.2. The van der Waals surface area contributed by atoms with E-state index in [1.54, 1.807) is 0 Å². The predicted octanol–water partition coefficient (Wildman–Crippen LogP) is 2.07. The molecule has 2 N–H and O–H groups in total. The normalized spacial score (nSPS) is 15.1. The summed E-state index contributed by atoms with van der Waals surface area (Å²) in [4.78, 5) is 15.5. The van der Waals surface area contributed by atoms with Gasteiger partial charge in [0.2, 0.25) is 10.0 Å². The quantitative estimate of drug-likeness (QED) is 0.696. The minimum Gasteiger partial charge on any atom is -0.322 e. The molecule has 0 unspecified atom stereocenters. The van der Waals surface area contributed by atoms with Crippen molar-refractivity contribution >= 4 is 31.5 Å². The number of nitrogens with zero attached hydrogens (tertiary/aromatic N) is 1. The number of pyridine rings is 1. The molecule has 0 spiro atoms. The van der Waals surface area contributed by atoms with Crippen molar-refractivity contribution < 1.29 is 34.8 Å². The molecule has 1 saturated carbocycles. The van der Waals surface area contributed by atoms with Crippen LogP contribution in [-0.2, 0) is 19.9 Å². The third kappa shape index (κ3) is 4.57. The number of sulfone groups is 1. The maximum absolute atomic E-state index is 12.8. The number of benzene rings is 1. The van der Waals surface area contributed by atoms with E-state index in [4.69, 9.17) is 0 Å². The molecule has 0 aliphatic heterocycles. The summed E-state index contributed by atoms with van der Waals surface area (Å²) in [6.45, 7) is 0. The van der Waals surface area contributed by atoms with Gasteiger partial charge in [-0.15, -0.1) is 0 Å². The SMILES string of the molecule is O=C(Nc1cccc(S(=O)(=O)NC2CC2)c1)c1cccnc1S(=O)(=O)C(F)(F)F. The monoisotopic (exact) mass is 449 g/mol. The molecule has 3 rings (SSSR count). The van der Waals surface area contributed by atoms with E-state index in [0.717, 1.165) is 24.4 Å². The van der Waals surface area contributed by atoms with E-state index < -0.39 is 41.9 Å². The summed E-state index contributed by atoms with van der Waals surface area (Å²) in [5.74, 6) is -1.19. The molecule has 2 aromatic rings. The fourth-order valence-corrected chi connectivity index (χ4v) is 4.54. The number of hydrogen-bond acceptors (Lipinski definition) is 6. The number of alkyl halides is 3. The van der Waals surface area contributed by atoms with Crippen LogP contribution in [0.1, 0.15) is 23.2 Å². The van der Waals surface area contributed by atoms with Crippen molar-refractivity contribution in [3.8, 4) is 0 Å². The highest BCUT2D eigenvalue weighted by Crippen LogP contribution is 2.31. The second kappa shape index (κ2) is 7.39. The van der Waals surface area contributed by atoms with Gasteiger partial charge in [0.25, 0.3) is 15.7 Å². The van der Waals surface area contributed by atoms with E-state index in [-0.39, 0.29) is 16.6 Å². The molecule has 8 nitrogen and oxygen atoms in total. The van der Waals surface area contributed by atoms with Crippen molar-refractivity contribution in [3.63, 3.8) is 0 Å². The number of carbonyl (C=O) groups excluding carboxylic acids is 1. The van der Waals surface area contributed by atoms with Crippen molar-refractivity contribution in [2.75, 3.05) is 5.32 Å². The van der Waals surface area contributed by atoms with Gasteiger partial charge in [-0.3, -0.25) is 4.79 Å². The van der Waals surface area contributed by atoms with E-state index in [9.17, 15) is 34.8 Å². The number of halogens is 3. The average Bonchev–Trinajstić information content (AvgIpc) is 3.44. The Morgan fingerprint density at radius 3 is 2.38 bits per heavy atom. The first-order valence-corrected chi connectivity index (χ1v) is 11.1. The maximum atomic E-state index is 12.8. The van der Waals surface area contributed by atoms with Gasteiger partial charge in [-0.25, -0.2) is 26.5 Å². The van der Waals surface area contributed by atoms with Crippen molar-refractivity contribution in [1.29, 1.82) is 0 Å². The number of anilines is 1. The van der Waals surface area contributed by atoms with Crippen LogP contribution in [0.25, 0.3) is 0 Å². The molecule has 1 amide bonds. The zero-order chi connectivity index (χ0) is 21.4. The molecule has 1 aromatic carbocycles. The summed E-state index contributed by atoms with van der Waals surface area (Å²) >= 11 is 0. The minimum absolute atomic E-state index is 0.0483. The molecule has 1 heterocycles. The van der Waals surface area contributed by atoms with Crippen LogP contribution in [0.15, 0.2) is 52.5 Å². The highest BCUT2D eigenvalue weighted by atomic mass is 32.2. The van der Waals surface area contributed by atoms with Gasteiger partial charge in [-0.1, -0.05) is 6.07 Å². The first-order valence-electron chi connectivity index (χ1n) is 8.12. The average molecular weight is 449 g/mol. The number of hydrogen-bond donors (Lipinski definition) is 2. The third-order valence-electron chi connectivity index (χ3n) is 3.88. The number of rotatable bonds is 6. The predicted molar refractivity (Wildman–Crippen MR) is 95.2 cm³/mol. The molecule has 0 atom stereocenters. The largest absolute Gasteiger partial charge is 0.503 e. The molecular formula is C16H14F3N3O5S2. The van der Waals surface area contributed by atoms with Crippen LogP contribution in [0, 0.1) is 0 Å². The molecule has 13 heteroatoms. The lowest BCUT2D eigenvalue weighted by Crippen LogP contribution is -2.27. The van der Waals surface area contributed by atoms with Gasteiger partial charge in [0.1, 0.15) is 0 Å². The van der Waals surface area contributed by atoms with E-state index in [1.165, 1.54) is 18.2 Å². The Balaban J connectivity index is 1.90. The van der Waals surface area contributed by atoms with Crippen molar-refractivity contribution in [2.24, 2.45) is 0 Å². The highest BCUT2D eigenvalue weighted by Gasteiger charge is 2.49. The summed E-state index contributed by atoms with van der Waals surface area (Å²) in [6, 6.07) is 6.85. The third-order valence-corrected chi connectivity index (χ3v) is 6.84. The van der Waals surface area contributed by atoms with Crippen LogP contribution in [-0.4, -0.2) is 39.3 Å². The van der Waals surface area contributed by atoms with Crippen LogP contribution in [0.4, 0.5) is 18.9 Å². The Bertz CT molecular complexity index is 1160. The standard InChI is InChI=1S/C16H14F3N3O5S2/c17-16(18,19)28(24,25)15-13(5-2-8-20-15)14(23)21-11-3-1-4-12(9-11)29(26,27)22-10-6-7-10/h1-5,8-10,22H,6-7H2,(H,21,23). The summed E-state index contributed by atoms with van der Waals surface area (Å²) in [6.07, 6.45) is 2.24. The fraction of sp³-hybridized carbons (Fsp3) is 0.250. The van der Waals surface area contributed by atoms with Crippen LogP contribution in [0.5, 0.6) is 0 Å². The van der Waals surface area contributed by atoms with Gasteiger partial charge in [-0.2, -0.15) is 13.2 Å². The molecule has 1 aliphatic carbocycles. The van der Waals surface area contributed by atoms with E-state index >= 15 is 0 Å².